The highest BCUT2D eigenvalue weighted by atomic mass is 16.5. The Morgan fingerprint density at radius 2 is 2.22 bits per heavy atom. The molecule has 0 atom stereocenters. The molecule has 2 aromatic rings. The molecule has 1 amide bonds. The summed E-state index contributed by atoms with van der Waals surface area (Å²) in [5, 5.41) is 12.4. The van der Waals surface area contributed by atoms with Gasteiger partial charge < -0.3 is 9.64 Å². The van der Waals surface area contributed by atoms with Crippen LogP contribution in [0.2, 0.25) is 0 Å². The van der Waals surface area contributed by atoms with Crippen LogP contribution in [0.15, 0.2) is 47.6 Å². The van der Waals surface area contributed by atoms with Gasteiger partial charge in [-0.1, -0.05) is 18.2 Å². The zero-order valence-corrected chi connectivity index (χ0v) is 15.3. The number of aryl methyl sites for hydroxylation is 1. The fourth-order valence-electron chi connectivity index (χ4n) is 3.27. The number of hydrogen-bond donors (Lipinski definition) is 1. The van der Waals surface area contributed by atoms with Crippen LogP contribution in [0.25, 0.3) is 0 Å². The maximum atomic E-state index is 11.3. The van der Waals surface area contributed by atoms with E-state index in [4.69, 9.17) is 10.00 Å². The summed E-state index contributed by atoms with van der Waals surface area (Å²) < 4.78 is 5.53. The number of para-hydroxylation sites is 1. The maximum Gasteiger partial charge on any atom is 0.254 e. The zero-order chi connectivity index (χ0) is 19.1. The standard InChI is InChI=1S/C21H22N4O2/c1-27-20-9-8-16(14-23-24-21(26)10-11-22)13-18(20)15-25-12-4-6-17-5-2-3-7-19(17)25/h2-3,5,7-9,13-14H,4,6,10,12,15H2,1H3,(H,24,26)/b23-14+. The number of carbonyl (C=O) groups is 1. The van der Waals surface area contributed by atoms with Gasteiger partial charge in [0.25, 0.3) is 5.91 Å². The molecule has 0 spiro atoms. The molecule has 0 radical (unpaired) electrons. The van der Waals surface area contributed by atoms with Crippen molar-refractivity contribution in [2.75, 3.05) is 18.6 Å². The third-order valence-corrected chi connectivity index (χ3v) is 4.51. The molecule has 3 rings (SSSR count). The highest BCUT2D eigenvalue weighted by Crippen LogP contribution is 2.30. The van der Waals surface area contributed by atoms with Crippen molar-refractivity contribution in [3.8, 4) is 11.8 Å². The molecular formula is C21H22N4O2. The molecule has 0 unspecified atom stereocenters. The molecule has 27 heavy (non-hydrogen) atoms. The van der Waals surface area contributed by atoms with E-state index < -0.39 is 5.91 Å². The molecule has 6 nitrogen and oxygen atoms in total. The van der Waals surface area contributed by atoms with Crippen LogP contribution in [0.1, 0.15) is 29.5 Å². The van der Waals surface area contributed by atoms with E-state index in [1.165, 1.54) is 11.3 Å². The van der Waals surface area contributed by atoms with E-state index in [0.29, 0.717) is 0 Å². The summed E-state index contributed by atoms with van der Waals surface area (Å²) in [6.45, 7) is 1.74. The van der Waals surface area contributed by atoms with Crippen molar-refractivity contribution in [3.63, 3.8) is 0 Å². The minimum Gasteiger partial charge on any atom is -0.496 e. The summed E-state index contributed by atoms with van der Waals surface area (Å²) in [5.74, 6) is 0.399. The molecule has 2 aromatic carbocycles. The summed E-state index contributed by atoms with van der Waals surface area (Å²) in [6, 6.07) is 16.1. The predicted octanol–water partition coefficient (Wildman–Crippen LogP) is 3.01. The third kappa shape index (κ3) is 4.64. The number of ether oxygens (including phenoxy) is 1. The summed E-state index contributed by atoms with van der Waals surface area (Å²) in [5.41, 5.74) is 6.90. The van der Waals surface area contributed by atoms with E-state index in [0.717, 1.165) is 42.8 Å². The topological polar surface area (TPSA) is 77.7 Å². The van der Waals surface area contributed by atoms with Gasteiger partial charge in [-0.15, -0.1) is 0 Å². The summed E-state index contributed by atoms with van der Waals surface area (Å²) in [7, 11) is 1.67. The quantitative estimate of drug-likeness (QED) is 0.633. The molecular weight excluding hydrogens is 340 g/mol. The molecule has 1 aliphatic rings. The van der Waals surface area contributed by atoms with E-state index in [-0.39, 0.29) is 6.42 Å². The molecule has 1 heterocycles. The molecule has 138 valence electrons. The maximum absolute atomic E-state index is 11.3. The number of amides is 1. The van der Waals surface area contributed by atoms with E-state index in [1.54, 1.807) is 19.4 Å². The summed E-state index contributed by atoms with van der Waals surface area (Å²) >= 11 is 0. The Morgan fingerprint density at radius 3 is 3.04 bits per heavy atom. The number of rotatable bonds is 6. The number of nitrogens with one attached hydrogen (secondary N) is 1. The minimum atomic E-state index is -0.424. The Morgan fingerprint density at radius 1 is 1.37 bits per heavy atom. The molecule has 6 heteroatoms. The average molecular weight is 362 g/mol. The Hall–Kier alpha value is -3.33. The van der Waals surface area contributed by atoms with Gasteiger partial charge in [0, 0.05) is 24.3 Å². The molecule has 0 fully saturated rings. The lowest BCUT2D eigenvalue weighted by Crippen LogP contribution is -2.29. The van der Waals surface area contributed by atoms with Gasteiger partial charge >= 0.3 is 0 Å². The number of benzene rings is 2. The average Bonchev–Trinajstić information content (AvgIpc) is 2.69. The Labute approximate surface area is 159 Å². The van der Waals surface area contributed by atoms with Crippen LogP contribution in [-0.4, -0.2) is 25.8 Å². The van der Waals surface area contributed by atoms with Gasteiger partial charge in [-0.2, -0.15) is 10.4 Å². The van der Waals surface area contributed by atoms with Gasteiger partial charge in [-0.05, 0) is 48.2 Å². The van der Waals surface area contributed by atoms with Gasteiger partial charge in [0.05, 0.1) is 19.4 Å². The highest BCUT2D eigenvalue weighted by Gasteiger charge is 2.18. The molecule has 0 aromatic heterocycles. The monoisotopic (exact) mass is 362 g/mol. The Kier molecular flexibility index (Phi) is 6.06. The van der Waals surface area contributed by atoms with Crippen molar-refractivity contribution in [1.29, 1.82) is 5.26 Å². The number of anilines is 1. The van der Waals surface area contributed by atoms with Crippen LogP contribution in [0.4, 0.5) is 5.69 Å². The SMILES string of the molecule is COc1ccc(/C=N/NC(=O)CC#N)cc1CN1CCCc2ccccc21. The number of methoxy groups -OCH3 is 1. The van der Waals surface area contributed by atoms with Gasteiger partial charge in [0.1, 0.15) is 12.2 Å². The largest absolute Gasteiger partial charge is 0.496 e. The predicted molar refractivity (Wildman–Crippen MR) is 105 cm³/mol. The van der Waals surface area contributed by atoms with Crippen molar-refractivity contribution in [2.45, 2.75) is 25.8 Å². The first-order valence-corrected chi connectivity index (χ1v) is 8.90. The lowest BCUT2D eigenvalue weighted by molar-refractivity contribution is -0.120. The number of carbonyl (C=O) groups excluding carboxylic acids is 1. The first-order chi connectivity index (χ1) is 13.2. The van der Waals surface area contributed by atoms with Gasteiger partial charge in [0.2, 0.25) is 0 Å². The van der Waals surface area contributed by atoms with Crippen molar-refractivity contribution in [3.05, 3.63) is 59.2 Å². The first-order valence-electron chi connectivity index (χ1n) is 8.90. The second kappa shape index (κ2) is 8.86. The number of hydrogen-bond acceptors (Lipinski definition) is 5. The fraction of sp³-hybridized carbons (Fsp3) is 0.286. The minimum absolute atomic E-state index is 0.209. The smallest absolute Gasteiger partial charge is 0.254 e. The van der Waals surface area contributed by atoms with Gasteiger partial charge in [0.15, 0.2) is 0 Å². The van der Waals surface area contributed by atoms with Gasteiger partial charge in [-0.3, -0.25) is 4.79 Å². The number of hydrazone groups is 1. The van der Waals surface area contributed by atoms with Crippen molar-refractivity contribution in [1.82, 2.24) is 5.43 Å². The van der Waals surface area contributed by atoms with Crippen molar-refractivity contribution in [2.24, 2.45) is 5.10 Å². The van der Waals surface area contributed by atoms with E-state index in [1.807, 2.05) is 18.2 Å². The van der Waals surface area contributed by atoms with E-state index >= 15 is 0 Å². The molecule has 1 N–H and O–H groups in total. The second-order valence-electron chi connectivity index (χ2n) is 6.35. The lowest BCUT2D eigenvalue weighted by atomic mass is 10.0. The molecule has 0 saturated carbocycles. The van der Waals surface area contributed by atoms with Crippen LogP contribution >= 0.6 is 0 Å². The van der Waals surface area contributed by atoms with Crippen LogP contribution in [0.3, 0.4) is 0 Å². The summed E-state index contributed by atoms with van der Waals surface area (Å²) in [6.07, 6.45) is 3.60. The number of nitriles is 1. The first kappa shape index (κ1) is 18.5. The highest BCUT2D eigenvalue weighted by molar-refractivity contribution is 5.83. The second-order valence-corrected chi connectivity index (χ2v) is 6.35. The van der Waals surface area contributed by atoms with Crippen molar-refractivity contribution >= 4 is 17.8 Å². The Balaban J connectivity index is 1.78. The van der Waals surface area contributed by atoms with Gasteiger partial charge in [-0.25, -0.2) is 5.43 Å². The number of fused-ring (bicyclic) bond motifs is 1. The van der Waals surface area contributed by atoms with E-state index in [9.17, 15) is 4.79 Å². The van der Waals surface area contributed by atoms with Crippen molar-refractivity contribution < 1.29 is 9.53 Å². The molecule has 0 aliphatic carbocycles. The Bertz CT molecular complexity index is 886. The molecule has 0 saturated heterocycles. The molecule has 1 aliphatic heterocycles. The summed E-state index contributed by atoms with van der Waals surface area (Å²) in [4.78, 5) is 13.7. The zero-order valence-electron chi connectivity index (χ0n) is 15.3. The molecule has 0 bridgehead atoms. The van der Waals surface area contributed by atoms with Crippen LogP contribution < -0.4 is 15.1 Å². The number of nitrogens with zero attached hydrogens (tertiary/aromatic N) is 3. The van der Waals surface area contributed by atoms with E-state index in [2.05, 4.69) is 39.7 Å². The lowest BCUT2D eigenvalue weighted by Gasteiger charge is -2.31. The fourth-order valence-corrected chi connectivity index (χ4v) is 3.27. The van der Waals surface area contributed by atoms with Crippen LogP contribution in [0.5, 0.6) is 5.75 Å². The van der Waals surface area contributed by atoms with Crippen LogP contribution in [-0.2, 0) is 17.8 Å². The normalized spacial score (nSPS) is 13.1. The third-order valence-electron chi connectivity index (χ3n) is 4.51. The van der Waals surface area contributed by atoms with Crippen LogP contribution in [0, 0.1) is 11.3 Å².